The molecule has 0 unspecified atom stereocenters. The first-order chi connectivity index (χ1) is 11.5. The van der Waals surface area contributed by atoms with Crippen molar-refractivity contribution >= 4 is 16.9 Å². The molecule has 1 fully saturated rings. The Kier molecular flexibility index (Phi) is 4.14. The number of carbonyl (C=O) groups is 1. The van der Waals surface area contributed by atoms with Gasteiger partial charge in [-0.15, -0.1) is 0 Å². The fourth-order valence-corrected chi connectivity index (χ4v) is 3.94. The van der Waals surface area contributed by atoms with Crippen molar-refractivity contribution in [1.29, 1.82) is 0 Å². The number of nitrogens with one attached hydrogen (secondary N) is 2. The summed E-state index contributed by atoms with van der Waals surface area (Å²) < 4.78 is 13.8. The van der Waals surface area contributed by atoms with E-state index in [1.165, 1.54) is 18.3 Å². The Morgan fingerprint density at radius 1 is 1.40 bits per heavy atom. The lowest BCUT2D eigenvalue weighted by molar-refractivity contribution is -0.123. The predicted octanol–water partition coefficient (Wildman–Crippen LogP) is 3.25. The first kappa shape index (κ1) is 17.9. The van der Waals surface area contributed by atoms with Crippen LogP contribution in [0.25, 0.3) is 11.0 Å². The maximum atomic E-state index is 13.8. The highest BCUT2D eigenvalue weighted by Gasteiger charge is 2.52. The summed E-state index contributed by atoms with van der Waals surface area (Å²) in [4.78, 5) is 19.5. The van der Waals surface area contributed by atoms with E-state index < -0.39 is 11.4 Å². The van der Waals surface area contributed by atoms with Gasteiger partial charge in [-0.25, -0.2) is 9.37 Å². The molecule has 0 spiro atoms. The lowest BCUT2D eigenvalue weighted by Crippen LogP contribution is -2.63. The molecular weight excluding hydrogens is 321 g/mol. The monoisotopic (exact) mass is 347 g/mol. The Morgan fingerprint density at radius 2 is 2.08 bits per heavy atom. The number of aliphatic hydroxyl groups is 1. The molecule has 5 nitrogen and oxygen atoms in total. The molecule has 1 saturated carbocycles. The van der Waals surface area contributed by atoms with Crippen molar-refractivity contribution < 1.29 is 14.3 Å². The Morgan fingerprint density at radius 3 is 2.72 bits per heavy atom. The number of aromatic nitrogens is 2. The van der Waals surface area contributed by atoms with Crippen LogP contribution in [0.15, 0.2) is 18.3 Å². The van der Waals surface area contributed by atoms with E-state index in [0.717, 1.165) is 0 Å². The zero-order valence-electron chi connectivity index (χ0n) is 15.4. The summed E-state index contributed by atoms with van der Waals surface area (Å²) in [5.41, 5.74) is -0.475. The molecule has 4 atom stereocenters. The number of fused-ring (bicyclic) bond motifs is 1. The van der Waals surface area contributed by atoms with Crippen LogP contribution < -0.4 is 5.32 Å². The summed E-state index contributed by atoms with van der Waals surface area (Å²) in [7, 11) is 0. The van der Waals surface area contributed by atoms with Crippen molar-refractivity contribution in [3.63, 3.8) is 0 Å². The molecule has 1 amide bonds. The summed E-state index contributed by atoms with van der Waals surface area (Å²) in [5, 5.41) is 14.3. The summed E-state index contributed by atoms with van der Waals surface area (Å²) in [6, 6.07) is 2.35. The van der Waals surface area contributed by atoms with Crippen molar-refractivity contribution in [3.05, 3.63) is 29.8 Å². The zero-order chi connectivity index (χ0) is 18.6. The fraction of sp³-hybridized carbons (Fsp3) is 0.579. The second kappa shape index (κ2) is 5.80. The van der Waals surface area contributed by atoms with Crippen molar-refractivity contribution in [2.24, 2.45) is 17.3 Å². The van der Waals surface area contributed by atoms with Gasteiger partial charge in [-0.3, -0.25) is 4.79 Å². The van der Waals surface area contributed by atoms with Crippen molar-refractivity contribution in [1.82, 2.24) is 15.3 Å². The second-order valence-corrected chi connectivity index (χ2v) is 8.17. The Bertz CT molecular complexity index is 812. The molecule has 2 aromatic heterocycles. The van der Waals surface area contributed by atoms with E-state index >= 15 is 0 Å². The third kappa shape index (κ3) is 2.82. The molecule has 0 aromatic carbocycles. The minimum atomic E-state index is -1.03. The lowest BCUT2D eigenvalue weighted by atomic mass is 9.56. The van der Waals surface area contributed by atoms with E-state index in [1.54, 1.807) is 6.92 Å². The molecule has 2 aromatic rings. The molecule has 0 saturated heterocycles. The Labute approximate surface area is 147 Å². The van der Waals surface area contributed by atoms with Crippen LogP contribution in [-0.4, -0.2) is 32.6 Å². The van der Waals surface area contributed by atoms with Gasteiger partial charge in [0.1, 0.15) is 17.2 Å². The van der Waals surface area contributed by atoms with Crippen LogP contribution in [0.5, 0.6) is 0 Å². The number of rotatable bonds is 2. The highest BCUT2D eigenvalue weighted by atomic mass is 19.1. The maximum absolute atomic E-state index is 13.8. The number of halogens is 1. The van der Waals surface area contributed by atoms with Crippen LogP contribution in [0.2, 0.25) is 0 Å². The average Bonchev–Trinajstić information content (AvgIpc) is 2.97. The molecule has 1 aliphatic carbocycles. The number of amides is 1. The highest BCUT2D eigenvalue weighted by molar-refractivity contribution is 5.97. The number of nitrogens with zero attached hydrogens (tertiary/aromatic N) is 1. The van der Waals surface area contributed by atoms with Gasteiger partial charge >= 0.3 is 0 Å². The molecule has 136 valence electrons. The van der Waals surface area contributed by atoms with Crippen LogP contribution in [0.1, 0.15) is 51.5 Å². The predicted molar refractivity (Wildman–Crippen MR) is 94.7 cm³/mol. The maximum Gasteiger partial charge on any atom is 0.268 e. The van der Waals surface area contributed by atoms with Crippen molar-refractivity contribution in [3.8, 4) is 0 Å². The van der Waals surface area contributed by atoms with Gasteiger partial charge in [-0.05, 0) is 42.7 Å². The van der Waals surface area contributed by atoms with Gasteiger partial charge in [0.25, 0.3) is 5.91 Å². The summed E-state index contributed by atoms with van der Waals surface area (Å²) in [6.45, 7) is 10.3. The van der Waals surface area contributed by atoms with E-state index in [0.29, 0.717) is 18.0 Å². The van der Waals surface area contributed by atoms with Crippen LogP contribution in [0.4, 0.5) is 4.39 Å². The number of H-pyrrole nitrogens is 1. The third-order valence-corrected chi connectivity index (χ3v) is 6.59. The van der Waals surface area contributed by atoms with Gasteiger partial charge in [-0.2, -0.15) is 0 Å². The van der Waals surface area contributed by atoms with Crippen molar-refractivity contribution in [2.75, 3.05) is 0 Å². The van der Waals surface area contributed by atoms with Crippen LogP contribution in [-0.2, 0) is 0 Å². The van der Waals surface area contributed by atoms with Gasteiger partial charge in [0.2, 0.25) is 0 Å². The fourth-order valence-electron chi connectivity index (χ4n) is 3.94. The minimum Gasteiger partial charge on any atom is -0.388 e. The molecule has 0 aliphatic heterocycles. The number of aromatic amines is 1. The normalized spacial score (nSPS) is 31.9. The molecule has 25 heavy (non-hydrogen) atoms. The molecule has 0 radical (unpaired) electrons. The molecule has 6 heteroatoms. The summed E-state index contributed by atoms with van der Waals surface area (Å²) >= 11 is 0. The van der Waals surface area contributed by atoms with Gasteiger partial charge < -0.3 is 15.4 Å². The Balaban J connectivity index is 1.85. The van der Waals surface area contributed by atoms with Gasteiger partial charge in [0.05, 0.1) is 17.0 Å². The molecular formula is C19H26FN3O2. The first-order valence-electron chi connectivity index (χ1n) is 8.71. The average molecular weight is 347 g/mol. The standard InChI is InChI=1S/C19H26FN3O2/c1-10-8-15(19(5,25)11(2)18(10,3)4)23-17(24)14-9-12-13(20)6-7-21-16(12)22-14/h6-7,9-11,15,25H,8H2,1-5H3,(H,21,22)(H,23,24)/t10-,11-,15+,19-/m1/s1. The second-order valence-electron chi connectivity index (χ2n) is 8.17. The summed E-state index contributed by atoms with van der Waals surface area (Å²) in [5.74, 6) is -0.429. The van der Waals surface area contributed by atoms with E-state index in [1.807, 2.05) is 6.92 Å². The van der Waals surface area contributed by atoms with Gasteiger partial charge in [-0.1, -0.05) is 27.7 Å². The largest absolute Gasteiger partial charge is 0.388 e. The van der Waals surface area contributed by atoms with E-state index in [4.69, 9.17) is 0 Å². The van der Waals surface area contributed by atoms with Gasteiger partial charge in [0, 0.05) is 6.20 Å². The first-order valence-corrected chi connectivity index (χ1v) is 8.71. The van der Waals surface area contributed by atoms with Crippen LogP contribution in [0, 0.1) is 23.1 Å². The smallest absolute Gasteiger partial charge is 0.268 e. The third-order valence-electron chi connectivity index (χ3n) is 6.59. The van der Waals surface area contributed by atoms with E-state index in [2.05, 4.69) is 36.1 Å². The van der Waals surface area contributed by atoms with Crippen molar-refractivity contribution in [2.45, 2.75) is 52.7 Å². The Hall–Kier alpha value is -1.95. The zero-order valence-corrected chi connectivity index (χ0v) is 15.4. The van der Waals surface area contributed by atoms with Crippen LogP contribution >= 0.6 is 0 Å². The number of hydrogen-bond donors (Lipinski definition) is 3. The van der Waals surface area contributed by atoms with E-state index in [9.17, 15) is 14.3 Å². The lowest BCUT2D eigenvalue weighted by Gasteiger charge is -2.54. The van der Waals surface area contributed by atoms with E-state index in [-0.39, 0.29) is 34.4 Å². The summed E-state index contributed by atoms with van der Waals surface area (Å²) in [6.07, 6.45) is 2.04. The quantitative estimate of drug-likeness (QED) is 0.780. The number of pyridine rings is 1. The molecule has 3 rings (SSSR count). The van der Waals surface area contributed by atoms with Crippen LogP contribution in [0.3, 0.4) is 0 Å². The number of carbonyl (C=O) groups excluding carboxylic acids is 1. The number of hydrogen-bond acceptors (Lipinski definition) is 3. The topological polar surface area (TPSA) is 78.0 Å². The molecule has 3 N–H and O–H groups in total. The van der Waals surface area contributed by atoms with Gasteiger partial charge in [0.15, 0.2) is 0 Å². The molecule has 1 aliphatic rings. The molecule has 0 bridgehead atoms. The SMILES string of the molecule is C[C@@H]1C[C@H](NC(=O)c2cc3c(F)ccnc3[nH]2)[C@](C)(O)[C@H](C)C1(C)C. The highest BCUT2D eigenvalue weighted by Crippen LogP contribution is 2.49. The molecule has 2 heterocycles. The minimum absolute atomic E-state index is 0.0101.